The monoisotopic (exact) mass is 504 g/mol. The van der Waals surface area contributed by atoms with Crippen LogP contribution in [0.1, 0.15) is 49.9 Å². The van der Waals surface area contributed by atoms with Gasteiger partial charge < -0.3 is 24.4 Å². The van der Waals surface area contributed by atoms with Crippen LogP contribution in [0.25, 0.3) is 5.76 Å². The minimum Gasteiger partial charge on any atom is -0.507 e. The van der Waals surface area contributed by atoms with E-state index in [0.717, 1.165) is 49.4 Å². The van der Waals surface area contributed by atoms with Gasteiger partial charge in [-0.05, 0) is 74.4 Å². The summed E-state index contributed by atoms with van der Waals surface area (Å²) in [4.78, 5) is 30.5. The average Bonchev–Trinajstić information content (AvgIpc) is 3.40. The number of amides is 1. The van der Waals surface area contributed by atoms with Crippen molar-refractivity contribution in [2.75, 3.05) is 32.8 Å². The number of aliphatic hydroxyl groups is 1. The van der Waals surface area contributed by atoms with Crippen LogP contribution in [-0.4, -0.2) is 65.5 Å². The Kier molecular flexibility index (Phi) is 8.34. The predicted octanol–water partition coefficient (Wildman–Crippen LogP) is 4.73. The van der Waals surface area contributed by atoms with Gasteiger partial charge in [-0.25, -0.2) is 0 Å². The fraction of sp³-hybridized carbons (Fsp3) is 0.400. The Balaban J connectivity index is 1.71. The first-order valence-electron chi connectivity index (χ1n) is 13.0. The minimum atomic E-state index is -0.686. The van der Waals surface area contributed by atoms with Crippen molar-refractivity contribution in [3.63, 3.8) is 0 Å². The molecule has 2 heterocycles. The van der Waals surface area contributed by atoms with Crippen LogP contribution in [0.3, 0.4) is 0 Å². The summed E-state index contributed by atoms with van der Waals surface area (Å²) in [5.74, 6) is 0.0324. The maximum Gasteiger partial charge on any atom is 0.295 e. The molecule has 7 nitrogen and oxygen atoms in total. The van der Waals surface area contributed by atoms with E-state index in [9.17, 15) is 14.7 Å². The van der Waals surface area contributed by atoms with E-state index in [4.69, 9.17) is 9.47 Å². The van der Waals surface area contributed by atoms with Gasteiger partial charge in [-0.3, -0.25) is 9.59 Å². The third-order valence-electron chi connectivity index (χ3n) is 7.04. The van der Waals surface area contributed by atoms with Crippen molar-refractivity contribution in [1.82, 2.24) is 9.80 Å². The smallest absolute Gasteiger partial charge is 0.295 e. The number of ketones is 1. The van der Waals surface area contributed by atoms with Crippen LogP contribution in [0.5, 0.6) is 11.5 Å². The molecule has 1 saturated heterocycles. The summed E-state index contributed by atoms with van der Waals surface area (Å²) in [5.41, 5.74) is 2.34. The van der Waals surface area contributed by atoms with E-state index in [1.54, 1.807) is 17.0 Å². The van der Waals surface area contributed by atoms with Gasteiger partial charge in [0.2, 0.25) is 0 Å². The number of hydrogen-bond donors (Lipinski definition) is 1. The van der Waals surface area contributed by atoms with Gasteiger partial charge in [-0.1, -0.05) is 38.6 Å². The summed E-state index contributed by atoms with van der Waals surface area (Å²) in [6.45, 7) is 13.3. The van der Waals surface area contributed by atoms with E-state index in [1.807, 2.05) is 43.3 Å². The van der Waals surface area contributed by atoms with Crippen LogP contribution in [0, 0.1) is 0 Å². The second-order valence-corrected chi connectivity index (χ2v) is 9.50. The summed E-state index contributed by atoms with van der Waals surface area (Å²) >= 11 is 0. The van der Waals surface area contributed by atoms with Gasteiger partial charge in [0.1, 0.15) is 30.0 Å². The second-order valence-electron chi connectivity index (χ2n) is 9.50. The van der Waals surface area contributed by atoms with Crippen LogP contribution >= 0.6 is 0 Å². The highest BCUT2D eigenvalue weighted by molar-refractivity contribution is 6.46. The summed E-state index contributed by atoms with van der Waals surface area (Å²) in [6, 6.07) is 12.0. The first-order chi connectivity index (χ1) is 17.9. The Bertz CT molecular complexity index is 1180. The van der Waals surface area contributed by atoms with E-state index in [0.29, 0.717) is 24.5 Å². The Morgan fingerprint density at radius 2 is 1.92 bits per heavy atom. The highest BCUT2D eigenvalue weighted by atomic mass is 16.5. The van der Waals surface area contributed by atoms with Crippen molar-refractivity contribution in [2.45, 2.75) is 45.8 Å². The van der Waals surface area contributed by atoms with E-state index in [-0.39, 0.29) is 17.4 Å². The number of ether oxygens (including phenoxy) is 2. The minimum absolute atomic E-state index is 0.0607. The number of carbonyl (C=O) groups is 2. The molecule has 4 rings (SSSR count). The SMILES string of the molecule is C=CCOc1ccc([C@@H]2C(=C(O)c3ccc4c(c3)C[C@@H](C)O4)C(=O)C(=O)N2CCCN(CC)CC)cc1. The lowest BCUT2D eigenvalue weighted by Crippen LogP contribution is -2.33. The van der Waals surface area contributed by atoms with Gasteiger partial charge in [0.25, 0.3) is 11.7 Å². The highest BCUT2D eigenvalue weighted by Gasteiger charge is 2.46. The number of likely N-dealkylation sites (tertiary alicyclic amines) is 1. The van der Waals surface area contributed by atoms with Crippen molar-refractivity contribution < 1.29 is 24.2 Å². The third-order valence-corrected chi connectivity index (χ3v) is 7.04. The van der Waals surface area contributed by atoms with Crippen molar-refractivity contribution >= 4 is 17.4 Å². The Morgan fingerprint density at radius 1 is 1.19 bits per heavy atom. The molecule has 37 heavy (non-hydrogen) atoms. The molecule has 2 atom stereocenters. The maximum atomic E-state index is 13.3. The van der Waals surface area contributed by atoms with Crippen LogP contribution in [0.15, 0.2) is 60.7 Å². The first-order valence-corrected chi connectivity index (χ1v) is 13.0. The molecule has 0 aromatic heterocycles. The number of aliphatic hydroxyl groups excluding tert-OH is 1. The quantitative estimate of drug-likeness (QED) is 0.206. The zero-order chi connectivity index (χ0) is 26.5. The van der Waals surface area contributed by atoms with Crippen LogP contribution < -0.4 is 9.47 Å². The molecular weight excluding hydrogens is 468 g/mol. The molecule has 1 N–H and O–H groups in total. The van der Waals surface area contributed by atoms with Gasteiger partial charge in [0.05, 0.1) is 11.6 Å². The summed E-state index contributed by atoms with van der Waals surface area (Å²) in [5, 5.41) is 11.4. The molecule has 1 amide bonds. The maximum absolute atomic E-state index is 13.3. The lowest BCUT2D eigenvalue weighted by atomic mass is 9.94. The zero-order valence-electron chi connectivity index (χ0n) is 21.9. The molecule has 2 aromatic carbocycles. The van der Waals surface area contributed by atoms with Crippen LogP contribution in [0.4, 0.5) is 0 Å². The number of nitrogens with zero attached hydrogens (tertiary/aromatic N) is 2. The van der Waals surface area contributed by atoms with E-state index in [2.05, 4.69) is 25.3 Å². The largest absolute Gasteiger partial charge is 0.507 e. The molecule has 0 unspecified atom stereocenters. The number of Topliss-reactive ketones (excluding diaryl/α,β-unsaturated/α-hetero) is 1. The number of rotatable bonds is 11. The van der Waals surface area contributed by atoms with Gasteiger partial charge >= 0.3 is 0 Å². The summed E-state index contributed by atoms with van der Waals surface area (Å²) < 4.78 is 11.4. The first kappa shape index (κ1) is 26.5. The molecule has 0 aliphatic carbocycles. The van der Waals surface area contributed by atoms with Gasteiger partial charge in [-0.15, -0.1) is 0 Å². The second kappa shape index (κ2) is 11.6. The molecule has 0 radical (unpaired) electrons. The van der Waals surface area contributed by atoms with Crippen molar-refractivity contribution in [3.8, 4) is 11.5 Å². The number of benzene rings is 2. The Morgan fingerprint density at radius 3 is 2.59 bits per heavy atom. The molecule has 1 fully saturated rings. The van der Waals surface area contributed by atoms with E-state index >= 15 is 0 Å². The van der Waals surface area contributed by atoms with Gasteiger partial charge in [-0.2, -0.15) is 0 Å². The van der Waals surface area contributed by atoms with Crippen LogP contribution in [0.2, 0.25) is 0 Å². The van der Waals surface area contributed by atoms with Crippen molar-refractivity contribution in [3.05, 3.63) is 77.4 Å². The molecule has 0 bridgehead atoms. The normalized spacial score (nSPS) is 20.3. The average molecular weight is 505 g/mol. The van der Waals surface area contributed by atoms with E-state index < -0.39 is 17.7 Å². The lowest BCUT2D eigenvalue weighted by Gasteiger charge is -2.27. The van der Waals surface area contributed by atoms with Crippen molar-refractivity contribution in [1.29, 1.82) is 0 Å². The molecule has 0 spiro atoms. The van der Waals surface area contributed by atoms with Gasteiger partial charge in [0.15, 0.2) is 0 Å². The summed E-state index contributed by atoms with van der Waals surface area (Å²) in [6.07, 6.45) is 3.18. The molecule has 2 aliphatic heterocycles. The number of fused-ring (bicyclic) bond motifs is 1. The molecule has 0 saturated carbocycles. The topological polar surface area (TPSA) is 79.3 Å². The number of hydrogen-bond acceptors (Lipinski definition) is 6. The molecule has 196 valence electrons. The molecule has 2 aliphatic rings. The van der Waals surface area contributed by atoms with Crippen LogP contribution in [-0.2, 0) is 16.0 Å². The summed E-state index contributed by atoms with van der Waals surface area (Å²) in [7, 11) is 0. The Labute approximate surface area is 219 Å². The lowest BCUT2D eigenvalue weighted by molar-refractivity contribution is -0.140. The fourth-order valence-electron chi connectivity index (χ4n) is 5.09. The molecule has 2 aromatic rings. The number of carbonyl (C=O) groups excluding carboxylic acids is 2. The standard InChI is InChI=1S/C30H36N2O5/c1-5-17-36-24-12-9-21(10-13-24)27-26(28(33)22-11-14-25-23(19-22)18-20(4)37-25)29(34)30(35)32(27)16-8-15-31(6-2)7-3/h5,9-14,19-20,27,33H,1,6-8,15-18H2,2-4H3/t20-,27-/m1/s1. The highest BCUT2D eigenvalue weighted by Crippen LogP contribution is 2.41. The van der Waals surface area contributed by atoms with Crippen molar-refractivity contribution in [2.24, 2.45) is 0 Å². The fourth-order valence-corrected chi connectivity index (χ4v) is 5.09. The zero-order valence-corrected chi connectivity index (χ0v) is 21.9. The van der Waals surface area contributed by atoms with E-state index in [1.165, 1.54) is 0 Å². The predicted molar refractivity (Wildman–Crippen MR) is 144 cm³/mol. The molecular formula is C30H36N2O5. The molecule has 7 heteroatoms. The Hall–Kier alpha value is -3.58. The third kappa shape index (κ3) is 5.57. The van der Waals surface area contributed by atoms with Gasteiger partial charge in [0, 0.05) is 18.5 Å².